The molecule has 0 unspecified atom stereocenters. The van der Waals surface area contributed by atoms with E-state index >= 15 is 0 Å². The third kappa shape index (κ3) is 4.03. The molecule has 6 heteroatoms. The van der Waals surface area contributed by atoms with Crippen molar-refractivity contribution >= 4 is 37.5 Å². The second-order valence-corrected chi connectivity index (χ2v) is 8.41. The van der Waals surface area contributed by atoms with Crippen molar-refractivity contribution in [1.29, 1.82) is 0 Å². The maximum Gasteiger partial charge on any atom is 0.145 e. The van der Waals surface area contributed by atoms with Crippen molar-refractivity contribution in [1.82, 2.24) is 0 Å². The number of methoxy groups -OCH3 is 3. The molecule has 0 aliphatic rings. The zero-order valence-electron chi connectivity index (χ0n) is 18.6. The number of hydrogen-bond donors (Lipinski definition) is 0. The van der Waals surface area contributed by atoms with Crippen LogP contribution < -0.4 is 18.9 Å². The van der Waals surface area contributed by atoms with E-state index in [9.17, 15) is 0 Å². The highest BCUT2D eigenvalue weighted by molar-refractivity contribution is 9.10. The lowest BCUT2D eigenvalue weighted by atomic mass is 9.97. The minimum absolute atomic E-state index is 0.0178. The average molecular weight is 477 g/mol. The molecular formula is C24H29BrO5. The quantitative estimate of drug-likeness (QED) is 0.347. The Morgan fingerprint density at radius 2 is 1.47 bits per heavy atom. The molecule has 0 aromatic heterocycles. The number of hydrogen-bond acceptors (Lipinski definition) is 5. The maximum absolute atomic E-state index is 6.28. The molecule has 3 aromatic rings. The van der Waals surface area contributed by atoms with Gasteiger partial charge in [-0.05, 0) is 61.3 Å². The highest BCUT2D eigenvalue weighted by Crippen LogP contribution is 2.52. The Hall–Kier alpha value is -2.18. The molecule has 0 spiro atoms. The smallest absolute Gasteiger partial charge is 0.145 e. The monoisotopic (exact) mass is 476 g/mol. The molecule has 5 nitrogen and oxygen atoms in total. The van der Waals surface area contributed by atoms with Crippen LogP contribution in [0.5, 0.6) is 23.0 Å². The van der Waals surface area contributed by atoms with Gasteiger partial charge in [0.25, 0.3) is 0 Å². The van der Waals surface area contributed by atoms with Crippen LogP contribution in [0, 0.1) is 0 Å². The normalized spacial score (nSPS) is 11.5. The molecule has 0 N–H and O–H groups in total. The summed E-state index contributed by atoms with van der Waals surface area (Å²) in [5.74, 6) is 2.88. The van der Waals surface area contributed by atoms with Gasteiger partial charge >= 0.3 is 0 Å². The molecule has 0 radical (unpaired) electrons. The van der Waals surface area contributed by atoms with Crippen LogP contribution in [-0.2, 0) is 11.3 Å². The molecule has 0 bridgehead atoms. The highest BCUT2D eigenvalue weighted by Gasteiger charge is 2.25. The first kappa shape index (κ1) is 22.5. The van der Waals surface area contributed by atoms with Gasteiger partial charge in [0.2, 0.25) is 0 Å². The summed E-state index contributed by atoms with van der Waals surface area (Å²) in [4.78, 5) is 0. The van der Waals surface area contributed by atoms with Gasteiger partial charge in [-0.2, -0.15) is 0 Å². The Morgan fingerprint density at radius 1 is 0.800 bits per heavy atom. The molecule has 0 atom stereocenters. The van der Waals surface area contributed by atoms with Gasteiger partial charge < -0.3 is 23.7 Å². The van der Waals surface area contributed by atoms with E-state index in [4.69, 9.17) is 23.7 Å². The van der Waals surface area contributed by atoms with E-state index in [1.807, 2.05) is 45.9 Å². The zero-order valence-corrected chi connectivity index (χ0v) is 20.2. The van der Waals surface area contributed by atoms with Crippen LogP contribution in [0.25, 0.3) is 21.5 Å². The summed E-state index contributed by atoms with van der Waals surface area (Å²) in [7, 11) is 5.02. The predicted octanol–water partition coefficient (Wildman–Crippen LogP) is 6.49. The van der Waals surface area contributed by atoms with Crippen molar-refractivity contribution in [3.05, 3.63) is 34.3 Å². The van der Waals surface area contributed by atoms with E-state index in [1.165, 1.54) is 0 Å². The molecule has 0 saturated heterocycles. The highest BCUT2D eigenvalue weighted by atomic mass is 79.9. The van der Waals surface area contributed by atoms with E-state index in [-0.39, 0.29) is 12.2 Å². The molecule has 30 heavy (non-hydrogen) atoms. The van der Waals surface area contributed by atoms with Crippen molar-refractivity contribution in [2.75, 3.05) is 21.3 Å². The summed E-state index contributed by atoms with van der Waals surface area (Å²) in [6, 6.07) is 8.00. The topological polar surface area (TPSA) is 46.2 Å². The Balaban J connectivity index is 2.57. The Bertz CT molecular complexity index is 1060. The molecule has 0 saturated carbocycles. The summed E-state index contributed by atoms with van der Waals surface area (Å²) >= 11 is 3.73. The number of benzene rings is 3. The third-order valence-corrected chi connectivity index (χ3v) is 5.56. The number of halogens is 1. The summed E-state index contributed by atoms with van der Waals surface area (Å²) in [6.07, 6.45) is -0.0138. The van der Waals surface area contributed by atoms with Gasteiger partial charge in [0.15, 0.2) is 0 Å². The van der Waals surface area contributed by atoms with Crippen molar-refractivity contribution in [3.63, 3.8) is 0 Å². The van der Waals surface area contributed by atoms with Crippen LogP contribution in [0.1, 0.15) is 33.3 Å². The maximum atomic E-state index is 6.28. The van der Waals surface area contributed by atoms with E-state index in [1.54, 1.807) is 21.3 Å². The predicted molar refractivity (Wildman–Crippen MR) is 124 cm³/mol. The first-order chi connectivity index (χ1) is 14.3. The van der Waals surface area contributed by atoms with Crippen LogP contribution in [0.15, 0.2) is 28.7 Å². The van der Waals surface area contributed by atoms with E-state index in [0.29, 0.717) is 18.1 Å². The minimum atomic E-state index is -0.0316. The second kappa shape index (κ2) is 9.31. The Kier molecular flexibility index (Phi) is 6.98. The summed E-state index contributed by atoms with van der Waals surface area (Å²) in [5, 5.41) is 3.51. The molecule has 0 heterocycles. The van der Waals surface area contributed by atoms with Crippen LogP contribution >= 0.6 is 15.9 Å². The third-order valence-electron chi connectivity index (χ3n) is 4.69. The lowest BCUT2D eigenvalue weighted by Crippen LogP contribution is -2.09. The number of rotatable bonds is 8. The molecule has 0 amide bonds. The second-order valence-electron chi connectivity index (χ2n) is 7.61. The Labute approximate surface area is 186 Å². The van der Waals surface area contributed by atoms with Crippen molar-refractivity contribution in [2.24, 2.45) is 0 Å². The largest absolute Gasteiger partial charge is 0.495 e. The molecule has 3 rings (SSSR count). The Morgan fingerprint density at radius 3 is 2.03 bits per heavy atom. The summed E-state index contributed by atoms with van der Waals surface area (Å²) < 4.78 is 30.5. The van der Waals surface area contributed by atoms with E-state index in [2.05, 4.69) is 22.0 Å². The van der Waals surface area contributed by atoms with Crippen molar-refractivity contribution in [3.8, 4) is 23.0 Å². The van der Waals surface area contributed by atoms with Crippen LogP contribution in [0.4, 0.5) is 0 Å². The molecular weight excluding hydrogens is 448 g/mol. The molecule has 0 aliphatic heterocycles. The van der Waals surface area contributed by atoms with Gasteiger partial charge in [-0.3, -0.25) is 0 Å². The van der Waals surface area contributed by atoms with Crippen LogP contribution in [0.2, 0.25) is 0 Å². The lowest BCUT2D eigenvalue weighted by Gasteiger charge is -2.23. The van der Waals surface area contributed by atoms with E-state index in [0.717, 1.165) is 43.1 Å². The zero-order chi connectivity index (χ0) is 22.0. The van der Waals surface area contributed by atoms with Crippen molar-refractivity contribution < 1.29 is 23.7 Å². The summed E-state index contributed by atoms with van der Waals surface area (Å²) in [6.45, 7) is 8.44. The SMILES string of the molecule is COCc1cc2c(OC)c3cccc(OC(C)C)c3c(OC)c2c(OC(C)C)c1Br. The van der Waals surface area contributed by atoms with Gasteiger partial charge in [0.05, 0.1) is 48.3 Å². The van der Waals surface area contributed by atoms with Gasteiger partial charge in [0, 0.05) is 17.9 Å². The molecule has 3 aromatic carbocycles. The van der Waals surface area contributed by atoms with Crippen molar-refractivity contribution in [2.45, 2.75) is 46.5 Å². The van der Waals surface area contributed by atoms with Gasteiger partial charge in [-0.25, -0.2) is 0 Å². The van der Waals surface area contributed by atoms with Crippen LogP contribution in [0.3, 0.4) is 0 Å². The fraction of sp³-hybridized carbons (Fsp3) is 0.417. The van der Waals surface area contributed by atoms with Gasteiger partial charge in [0.1, 0.15) is 23.0 Å². The van der Waals surface area contributed by atoms with E-state index < -0.39 is 0 Å². The number of ether oxygens (including phenoxy) is 5. The first-order valence-corrected chi connectivity index (χ1v) is 10.8. The van der Waals surface area contributed by atoms with Crippen LogP contribution in [-0.4, -0.2) is 33.5 Å². The fourth-order valence-corrected chi connectivity index (χ4v) is 4.22. The standard InChI is InChI=1S/C24H29BrO5/c1-13(2)29-18-10-8-9-16-19(18)23(28-7)20-17(22(16)27-6)11-15(12-26-5)21(25)24(20)30-14(3)4/h8-11,13-14H,12H2,1-7H3. The molecule has 0 fully saturated rings. The van der Waals surface area contributed by atoms with Gasteiger partial charge in [-0.1, -0.05) is 12.1 Å². The lowest BCUT2D eigenvalue weighted by molar-refractivity contribution is 0.183. The first-order valence-electron chi connectivity index (χ1n) is 9.97. The minimum Gasteiger partial charge on any atom is -0.495 e. The fourth-order valence-electron chi connectivity index (χ4n) is 3.70. The molecule has 162 valence electrons. The summed E-state index contributed by atoms with van der Waals surface area (Å²) in [5.41, 5.74) is 0.968. The molecule has 0 aliphatic carbocycles. The average Bonchev–Trinajstić information content (AvgIpc) is 2.69. The van der Waals surface area contributed by atoms with Gasteiger partial charge in [-0.15, -0.1) is 0 Å². The number of fused-ring (bicyclic) bond motifs is 2.